The van der Waals surface area contributed by atoms with Crippen LogP contribution in [0.15, 0.2) is 18.2 Å². The Kier molecular flexibility index (Phi) is 3.68. The van der Waals surface area contributed by atoms with Gasteiger partial charge in [-0.1, -0.05) is 12.8 Å². The van der Waals surface area contributed by atoms with Gasteiger partial charge in [-0.2, -0.15) is 13.2 Å². The van der Waals surface area contributed by atoms with Gasteiger partial charge in [-0.15, -0.1) is 0 Å². The van der Waals surface area contributed by atoms with E-state index in [1.54, 1.807) is 0 Å². The highest BCUT2D eigenvalue weighted by Crippen LogP contribution is 2.33. The van der Waals surface area contributed by atoms with Gasteiger partial charge >= 0.3 is 12.1 Å². The summed E-state index contributed by atoms with van der Waals surface area (Å²) in [6, 6.07) is 2.73. The van der Waals surface area contributed by atoms with E-state index in [-0.39, 0.29) is 17.3 Å². The smallest absolute Gasteiger partial charge is 0.416 e. The lowest BCUT2D eigenvalue weighted by atomic mass is 10.1. The largest absolute Gasteiger partial charge is 0.478 e. The highest BCUT2D eigenvalue weighted by atomic mass is 19.4. The predicted molar refractivity (Wildman–Crippen MR) is 64.3 cm³/mol. The first kappa shape index (κ1) is 13.7. The fraction of sp³-hybridized carbons (Fsp3) is 0.462. The fourth-order valence-electron chi connectivity index (χ4n) is 2.32. The highest BCUT2D eigenvalue weighted by Gasteiger charge is 2.32. The molecular formula is C13H14F3NO2. The number of hydrogen-bond acceptors (Lipinski definition) is 2. The SMILES string of the molecule is O=C(O)c1ccc(C(F)(F)F)cc1NC1CCCC1. The van der Waals surface area contributed by atoms with Gasteiger partial charge in [0.05, 0.1) is 11.1 Å². The topological polar surface area (TPSA) is 49.3 Å². The Labute approximate surface area is 108 Å². The minimum Gasteiger partial charge on any atom is -0.478 e. The van der Waals surface area contributed by atoms with E-state index in [2.05, 4.69) is 5.32 Å². The van der Waals surface area contributed by atoms with Crippen LogP contribution in [0.3, 0.4) is 0 Å². The van der Waals surface area contributed by atoms with E-state index in [0.29, 0.717) is 0 Å². The van der Waals surface area contributed by atoms with Crippen LogP contribution in [0.4, 0.5) is 18.9 Å². The maximum absolute atomic E-state index is 12.6. The lowest BCUT2D eigenvalue weighted by Crippen LogP contribution is -2.18. The van der Waals surface area contributed by atoms with E-state index in [1.165, 1.54) is 0 Å². The van der Waals surface area contributed by atoms with Gasteiger partial charge in [0.2, 0.25) is 0 Å². The zero-order valence-corrected chi connectivity index (χ0v) is 10.1. The Morgan fingerprint density at radius 3 is 2.42 bits per heavy atom. The van der Waals surface area contributed by atoms with Gasteiger partial charge < -0.3 is 10.4 Å². The average Bonchev–Trinajstić information content (AvgIpc) is 2.80. The molecule has 0 amide bonds. The van der Waals surface area contributed by atoms with Crippen LogP contribution in [0.1, 0.15) is 41.6 Å². The second-order valence-corrected chi connectivity index (χ2v) is 4.69. The molecule has 6 heteroatoms. The van der Waals surface area contributed by atoms with E-state index in [4.69, 9.17) is 5.11 Å². The molecule has 0 atom stereocenters. The third-order valence-corrected chi connectivity index (χ3v) is 3.29. The summed E-state index contributed by atoms with van der Waals surface area (Å²) in [5.74, 6) is -1.23. The van der Waals surface area contributed by atoms with Crippen molar-refractivity contribution in [2.45, 2.75) is 37.9 Å². The van der Waals surface area contributed by atoms with Crippen molar-refractivity contribution in [2.24, 2.45) is 0 Å². The van der Waals surface area contributed by atoms with Gasteiger partial charge in [0.1, 0.15) is 0 Å². The van der Waals surface area contributed by atoms with Crippen molar-refractivity contribution in [3.8, 4) is 0 Å². The highest BCUT2D eigenvalue weighted by molar-refractivity contribution is 5.94. The maximum atomic E-state index is 12.6. The van der Waals surface area contributed by atoms with Crippen molar-refractivity contribution < 1.29 is 23.1 Å². The molecule has 104 valence electrons. The van der Waals surface area contributed by atoms with Crippen molar-refractivity contribution in [1.82, 2.24) is 0 Å². The molecule has 1 aliphatic rings. The summed E-state index contributed by atoms with van der Waals surface area (Å²) in [6.45, 7) is 0. The summed E-state index contributed by atoms with van der Waals surface area (Å²) in [5, 5.41) is 11.9. The van der Waals surface area contributed by atoms with Gasteiger partial charge in [0.15, 0.2) is 0 Å². The molecule has 1 aliphatic carbocycles. The Hall–Kier alpha value is -1.72. The third kappa shape index (κ3) is 3.19. The van der Waals surface area contributed by atoms with Crippen LogP contribution in [-0.4, -0.2) is 17.1 Å². The Morgan fingerprint density at radius 1 is 1.26 bits per heavy atom. The van der Waals surface area contributed by atoms with Gasteiger partial charge in [-0.3, -0.25) is 0 Å². The third-order valence-electron chi connectivity index (χ3n) is 3.29. The quantitative estimate of drug-likeness (QED) is 0.881. The molecule has 0 aromatic heterocycles. The number of benzene rings is 1. The molecule has 2 rings (SSSR count). The lowest BCUT2D eigenvalue weighted by molar-refractivity contribution is -0.137. The van der Waals surface area contributed by atoms with Crippen LogP contribution in [0.25, 0.3) is 0 Å². The second-order valence-electron chi connectivity index (χ2n) is 4.69. The first-order valence-electron chi connectivity index (χ1n) is 6.09. The van der Waals surface area contributed by atoms with Crippen LogP contribution < -0.4 is 5.32 Å². The number of nitrogens with one attached hydrogen (secondary N) is 1. The zero-order chi connectivity index (χ0) is 14.0. The molecule has 3 nitrogen and oxygen atoms in total. The van der Waals surface area contributed by atoms with Gasteiger partial charge in [-0.25, -0.2) is 4.79 Å². The molecule has 1 saturated carbocycles. The van der Waals surface area contributed by atoms with E-state index < -0.39 is 17.7 Å². The lowest BCUT2D eigenvalue weighted by Gasteiger charge is -2.17. The monoisotopic (exact) mass is 273 g/mol. The molecule has 2 N–H and O–H groups in total. The number of halogens is 3. The number of aromatic carboxylic acids is 1. The standard InChI is InChI=1S/C13H14F3NO2/c14-13(15,16)8-5-6-10(12(18)19)11(7-8)17-9-3-1-2-4-9/h5-7,9,17H,1-4H2,(H,18,19). The van der Waals surface area contributed by atoms with E-state index in [9.17, 15) is 18.0 Å². The number of hydrogen-bond donors (Lipinski definition) is 2. The van der Waals surface area contributed by atoms with Crippen molar-refractivity contribution >= 4 is 11.7 Å². The number of rotatable bonds is 3. The first-order chi connectivity index (χ1) is 8.88. The molecule has 0 bridgehead atoms. The summed E-state index contributed by atoms with van der Waals surface area (Å²) >= 11 is 0. The second kappa shape index (κ2) is 5.11. The molecule has 1 aromatic carbocycles. The molecule has 1 fully saturated rings. The van der Waals surface area contributed by atoms with Crippen molar-refractivity contribution in [2.75, 3.05) is 5.32 Å². The molecule has 0 spiro atoms. The van der Waals surface area contributed by atoms with Gasteiger partial charge in [0, 0.05) is 11.7 Å². The number of carboxylic acids is 1. The van der Waals surface area contributed by atoms with Gasteiger partial charge in [0.25, 0.3) is 0 Å². The van der Waals surface area contributed by atoms with Gasteiger partial charge in [-0.05, 0) is 31.0 Å². The minimum atomic E-state index is -4.47. The maximum Gasteiger partial charge on any atom is 0.416 e. The van der Waals surface area contributed by atoms with E-state index >= 15 is 0 Å². The Morgan fingerprint density at radius 2 is 1.89 bits per heavy atom. The Bertz CT molecular complexity index is 479. The van der Waals surface area contributed by atoms with Crippen LogP contribution in [0.2, 0.25) is 0 Å². The van der Waals surface area contributed by atoms with Crippen molar-refractivity contribution in [1.29, 1.82) is 0 Å². The number of anilines is 1. The molecule has 19 heavy (non-hydrogen) atoms. The van der Waals surface area contributed by atoms with Crippen molar-refractivity contribution in [3.63, 3.8) is 0 Å². The van der Waals surface area contributed by atoms with Crippen molar-refractivity contribution in [3.05, 3.63) is 29.3 Å². The van der Waals surface area contributed by atoms with Crippen LogP contribution in [-0.2, 0) is 6.18 Å². The normalized spacial score (nSPS) is 16.6. The summed E-state index contributed by atoms with van der Waals surface area (Å²) in [5.41, 5.74) is -0.910. The molecular weight excluding hydrogens is 259 g/mol. The van der Waals surface area contributed by atoms with E-state index in [1.807, 2.05) is 0 Å². The predicted octanol–water partition coefficient (Wildman–Crippen LogP) is 3.76. The molecule has 0 heterocycles. The van der Waals surface area contributed by atoms with Crippen LogP contribution in [0, 0.1) is 0 Å². The van der Waals surface area contributed by atoms with Crippen LogP contribution >= 0.6 is 0 Å². The molecule has 0 unspecified atom stereocenters. The molecule has 0 aliphatic heterocycles. The molecule has 0 radical (unpaired) electrons. The molecule has 1 aromatic rings. The van der Waals surface area contributed by atoms with Crippen LogP contribution in [0.5, 0.6) is 0 Å². The summed E-state index contributed by atoms with van der Waals surface area (Å²) < 4.78 is 37.9. The number of carboxylic acid groups (broad SMARTS) is 1. The average molecular weight is 273 g/mol. The summed E-state index contributed by atoms with van der Waals surface area (Å²) in [7, 11) is 0. The first-order valence-corrected chi connectivity index (χ1v) is 6.09. The fourth-order valence-corrected chi connectivity index (χ4v) is 2.32. The number of alkyl halides is 3. The Balaban J connectivity index is 2.32. The summed E-state index contributed by atoms with van der Waals surface area (Å²) in [6.07, 6.45) is -0.730. The van der Waals surface area contributed by atoms with E-state index in [0.717, 1.165) is 43.9 Å². The summed E-state index contributed by atoms with van der Waals surface area (Å²) in [4.78, 5) is 11.0. The molecule has 0 saturated heterocycles. The minimum absolute atomic E-state index is 0.0502. The zero-order valence-electron chi connectivity index (χ0n) is 10.1. The number of carbonyl (C=O) groups is 1.